The minimum absolute atomic E-state index is 0.0808. The van der Waals surface area contributed by atoms with E-state index in [9.17, 15) is 9.59 Å². The van der Waals surface area contributed by atoms with Crippen LogP contribution in [0.15, 0.2) is 12.1 Å². The summed E-state index contributed by atoms with van der Waals surface area (Å²) in [6.07, 6.45) is 2.76. The molecule has 5 nitrogen and oxygen atoms in total. The number of rotatable bonds is 4. The second-order valence-corrected chi connectivity index (χ2v) is 5.59. The normalized spacial score (nSPS) is 16.4. The van der Waals surface area contributed by atoms with E-state index in [0.717, 1.165) is 43.7 Å². The summed E-state index contributed by atoms with van der Waals surface area (Å²) >= 11 is 0. The lowest BCUT2D eigenvalue weighted by Crippen LogP contribution is -2.39. The Morgan fingerprint density at radius 2 is 1.95 bits per heavy atom. The van der Waals surface area contributed by atoms with Gasteiger partial charge in [0.25, 0.3) is 5.91 Å². The lowest BCUT2D eigenvalue weighted by molar-refractivity contribution is -0.137. The number of aliphatic carboxylic acids is 1. The molecule has 1 aliphatic heterocycles. The van der Waals surface area contributed by atoms with Gasteiger partial charge in [0.1, 0.15) is 5.69 Å². The van der Waals surface area contributed by atoms with Gasteiger partial charge in [-0.2, -0.15) is 0 Å². The summed E-state index contributed by atoms with van der Waals surface area (Å²) in [6.45, 7) is 3.44. The van der Waals surface area contributed by atoms with E-state index < -0.39 is 5.97 Å². The molecule has 0 aliphatic carbocycles. The van der Waals surface area contributed by atoms with Crippen molar-refractivity contribution in [1.82, 2.24) is 9.47 Å². The van der Waals surface area contributed by atoms with Crippen LogP contribution >= 0.6 is 0 Å². The highest BCUT2D eigenvalue weighted by Crippen LogP contribution is 2.23. The van der Waals surface area contributed by atoms with E-state index in [2.05, 4.69) is 0 Å². The van der Waals surface area contributed by atoms with Crippen LogP contribution in [0.5, 0.6) is 0 Å². The highest BCUT2D eigenvalue weighted by molar-refractivity contribution is 5.93. The van der Waals surface area contributed by atoms with Crippen molar-refractivity contribution in [3.05, 3.63) is 23.5 Å². The van der Waals surface area contributed by atoms with Gasteiger partial charge in [0, 0.05) is 32.3 Å². The fourth-order valence-electron chi connectivity index (χ4n) is 2.74. The van der Waals surface area contributed by atoms with Crippen LogP contribution in [0.4, 0.5) is 0 Å². The number of carbonyl (C=O) groups is 2. The lowest BCUT2D eigenvalue weighted by atomic mass is 9.92. The summed E-state index contributed by atoms with van der Waals surface area (Å²) in [7, 11) is 1.90. The third kappa shape index (κ3) is 3.21. The van der Waals surface area contributed by atoms with E-state index >= 15 is 0 Å². The average molecular weight is 278 g/mol. The Hall–Kier alpha value is -1.78. The molecule has 0 atom stereocenters. The number of piperidine rings is 1. The van der Waals surface area contributed by atoms with Crippen molar-refractivity contribution in [3.8, 4) is 0 Å². The number of carbonyl (C=O) groups excluding carboxylic acids is 1. The number of amides is 1. The fourth-order valence-corrected chi connectivity index (χ4v) is 2.74. The second-order valence-electron chi connectivity index (χ2n) is 5.59. The Labute approximate surface area is 119 Å². The molecule has 1 N–H and O–H groups in total. The van der Waals surface area contributed by atoms with Gasteiger partial charge in [-0.1, -0.05) is 0 Å². The first-order valence-electron chi connectivity index (χ1n) is 7.12. The quantitative estimate of drug-likeness (QED) is 0.917. The second kappa shape index (κ2) is 6.11. The molecule has 2 rings (SSSR count). The third-order valence-corrected chi connectivity index (χ3v) is 4.26. The zero-order chi connectivity index (χ0) is 14.7. The van der Waals surface area contributed by atoms with Gasteiger partial charge in [0.05, 0.1) is 0 Å². The molecule has 1 saturated heterocycles. The van der Waals surface area contributed by atoms with Gasteiger partial charge in [-0.25, -0.2) is 0 Å². The molecule has 1 aliphatic rings. The van der Waals surface area contributed by atoms with Crippen LogP contribution in [0.1, 0.15) is 41.9 Å². The fraction of sp³-hybridized carbons (Fsp3) is 0.600. The number of carboxylic acids is 1. The van der Waals surface area contributed by atoms with Crippen LogP contribution < -0.4 is 0 Å². The maximum atomic E-state index is 12.4. The van der Waals surface area contributed by atoms with Crippen molar-refractivity contribution < 1.29 is 14.7 Å². The van der Waals surface area contributed by atoms with E-state index in [1.807, 2.05) is 35.6 Å². The Morgan fingerprint density at radius 3 is 2.45 bits per heavy atom. The van der Waals surface area contributed by atoms with E-state index in [1.54, 1.807) is 0 Å². The molecule has 1 aromatic rings. The molecule has 20 heavy (non-hydrogen) atoms. The van der Waals surface area contributed by atoms with Gasteiger partial charge in [-0.05, 0) is 44.2 Å². The van der Waals surface area contributed by atoms with Crippen LogP contribution in [-0.4, -0.2) is 39.5 Å². The predicted octanol–water partition coefficient (Wildman–Crippen LogP) is 2.05. The summed E-state index contributed by atoms with van der Waals surface area (Å²) in [6, 6.07) is 3.82. The zero-order valence-electron chi connectivity index (χ0n) is 12.1. The summed E-state index contributed by atoms with van der Waals surface area (Å²) < 4.78 is 1.92. The minimum Gasteiger partial charge on any atom is -0.481 e. The third-order valence-electron chi connectivity index (χ3n) is 4.26. The van der Waals surface area contributed by atoms with Crippen molar-refractivity contribution in [2.24, 2.45) is 13.0 Å². The summed E-state index contributed by atoms with van der Waals surface area (Å²) in [5.41, 5.74) is 1.80. The maximum Gasteiger partial charge on any atom is 0.303 e. The van der Waals surface area contributed by atoms with Crippen molar-refractivity contribution in [2.75, 3.05) is 13.1 Å². The topological polar surface area (TPSA) is 62.5 Å². The Balaban J connectivity index is 1.89. The molecule has 1 fully saturated rings. The number of nitrogens with zero attached hydrogens (tertiary/aromatic N) is 2. The van der Waals surface area contributed by atoms with Crippen LogP contribution in [-0.2, 0) is 11.8 Å². The van der Waals surface area contributed by atoms with Crippen molar-refractivity contribution in [2.45, 2.75) is 32.6 Å². The van der Waals surface area contributed by atoms with Crippen molar-refractivity contribution in [1.29, 1.82) is 0 Å². The lowest BCUT2D eigenvalue weighted by Gasteiger charge is -2.32. The first kappa shape index (κ1) is 14.6. The predicted molar refractivity (Wildman–Crippen MR) is 75.6 cm³/mol. The van der Waals surface area contributed by atoms with E-state index in [4.69, 9.17) is 5.11 Å². The molecule has 0 spiro atoms. The van der Waals surface area contributed by atoms with Crippen LogP contribution in [0.25, 0.3) is 0 Å². The largest absolute Gasteiger partial charge is 0.481 e. The number of aryl methyl sites for hydroxylation is 1. The zero-order valence-corrected chi connectivity index (χ0v) is 12.1. The SMILES string of the molecule is Cc1ccc(C(=O)N2CCC(CCC(=O)O)CC2)n1C. The van der Waals surface area contributed by atoms with Crippen LogP contribution in [0.3, 0.4) is 0 Å². The van der Waals surface area contributed by atoms with E-state index in [-0.39, 0.29) is 12.3 Å². The molecule has 0 saturated carbocycles. The number of hydrogen-bond donors (Lipinski definition) is 1. The summed E-state index contributed by atoms with van der Waals surface area (Å²) in [5, 5.41) is 8.70. The average Bonchev–Trinajstić information content (AvgIpc) is 2.76. The first-order chi connectivity index (χ1) is 9.49. The number of aromatic nitrogens is 1. The molecule has 1 amide bonds. The van der Waals surface area contributed by atoms with Crippen LogP contribution in [0.2, 0.25) is 0 Å². The highest BCUT2D eigenvalue weighted by Gasteiger charge is 2.25. The first-order valence-corrected chi connectivity index (χ1v) is 7.12. The van der Waals surface area contributed by atoms with Crippen molar-refractivity contribution >= 4 is 11.9 Å². The Kier molecular flexibility index (Phi) is 4.47. The maximum absolute atomic E-state index is 12.4. The Bertz CT molecular complexity index is 499. The minimum atomic E-state index is -0.734. The molecule has 5 heteroatoms. The van der Waals surface area contributed by atoms with Gasteiger partial charge in [0.15, 0.2) is 0 Å². The molecule has 0 radical (unpaired) electrons. The molecule has 0 unspecified atom stereocenters. The van der Waals surface area contributed by atoms with Gasteiger partial charge >= 0.3 is 5.97 Å². The van der Waals surface area contributed by atoms with Crippen molar-refractivity contribution in [3.63, 3.8) is 0 Å². The van der Waals surface area contributed by atoms with E-state index in [0.29, 0.717) is 5.92 Å². The summed E-state index contributed by atoms with van der Waals surface area (Å²) in [4.78, 5) is 24.9. The van der Waals surface area contributed by atoms with Gasteiger partial charge in [0.2, 0.25) is 0 Å². The molecule has 2 heterocycles. The van der Waals surface area contributed by atoms with Gasteiger partial charge in [-0.15, -0.1) is 0 Å². The highest BCUT2D eigenvalue weighted by atomic mass is 16.4. The molecular formula is C15H22N2O3. The van der Waals surface area contributed by atoms with Gasteiger partial charge in [-0.3, -0.25) is 9.59 Å². The van der Waals surface area contributed by atoms with Gasteiger partial charge < -0.3 is 14.6 Å². The number of likely N-dealkylation sites (tertiary alicyclic amines) is 1. The molecule has 0 bridgehead atoms. The number of hydrogen-bond acceptors (Lipinski definition) is 2. The Morgan fingerprint density at radius 1 is 1.30 bits per heavy atom. The molecule has 110 valence electrons. The number of carboxylic acid groups (broad SMARTS) is 1. The van der Waals surface area contributed by atoms with E-state index in [1.165, 1.54) is 0 Å². The monoisotopic (exact) mass is 278 g/mol. The standard InChI is InChI=1S/C15H22N2O3/c1-11-3-5-13(16(11)2)15(20)17-9-7-12(8-10-17)4-6-14(18)19/h3,5,12H,4,6-10H2,1-2H3,(H,18,19). The summed E-state index contributed by atoms with van der Waals surface area (Å²) in [5.74, 6) is -0.217. The smallest absolute Gasteiger partial charge is 0.303 e. The molecular weight excluding hydrogens is 256 g/mol. The molecule has 1 aromatic heterocycles. The van der Waals surface area contributed by atoms with Crippen LogP contribution in [0, 0.1) is 12.8 Å². The molecule has 0 aromatic carbocycles.